The Kier molecular flexibility index (Phi) is 4.54. The lowest BCUT2D eigenvalue weighted by Gasteiger charge is -2.40. The van der Waals surface area contributed by atoms with Crippen molar-refractivity contribution in [2.45, 2.75) is 25.8 Å². The second kappa shape index (κ2) is 6.17. The fourth-order valence-corrected chi connectivity index (χ4v) is 2.71. The van der Waals surface area contributed by atoms with Crippen LogP contribution in [0.25, 0.3) is 0 Å². The van der Waals surface area contributed by atoms with Crippen molar-refractivity contribution in [3.63, 3.8) is 0 Å². The van der Waals surface area contributed by atoms with Gasteiger partial charge >= 0.3 is 0 Å². The van der Waals surface area contributed by atoms with Crippen molar-refractivity contribution in [2.24, 2.45) is 11.7 Å². The summed E-state index contributed by atoms with van der Waals surface area (Å²) in [5.41, 5.74) is 6.26. The zero-order valence-electron chi connectivity index (χ0n) is 12.4. The van der Waals surface area contributed by atoms with Crippen LogP contribution in [-0.4, -0.2) is 54.2 Å². The minimum Gasteiger partial charge on any atom is -0.351 e. The van der Waals surface area contributed by atoms with Crippen molar-refractivity contribution in [1.82, 2.24) is 15.1 Å². The molecule has 1 amide bonds. The van der Waals surface area contributed by atoms with E-state index in [1.165, 1.54) is 11.3 Å². The van der Waals surface area contributed by atoms with E-state index in [1.54, 1.807) is 20.2 Å². The minimum atomic E-state index is -0.133. The number of hydrogen-bond donors (Lipinski definition) is 1. The van der Waals surface area contributed by atoms with E-state index in [1.807, 2.05) is 6.07 Å². The van der Waals surface area contributed by atoms with Crippen LogP contribution in [0, 0.1) is 5.92 Å². The summed E-state index contributed by atoms with van der Waals surface area (Å²) in [6.45, 7) is 3.78. The zero-order chi connectivity index (χ0) is 14.7. The molecule has 1 aromatic rings. The van der Waals surface area contributed by atoms with Crippen LogP contribution in [0.2, 0.25) is 0 Å². The standard InChI is InChI=1S/C14H23N5O/c1-10-5-4-8-19(12(10)9-15)13-7-6-11(16-17-13)14(20)18(2)3/h6-7,10,12H,4-5,8-9,15H2,1-3H3. The first-order valence-corrected chi connectivity index (χ1v) is 7.06. The van der Waals surface area contributed by atoms with Gasteiger partial charge < -0.3 is 15.5 Å². The number of rotatable bonds is 3. The highest BCUT2D eigenvalue weighted by molar-refractivity contribution is 5.91. The van der Waals surface area contributed by atoms with E-state index in [2.05, 4.69) is 22.0 Å². The Morgan fingerprint density at radius 1 is 1.45 bits per heavy atom. The third kappa shape index (κ3) is 2.90. The molecule has 1 fully saturated rings. The molecule has 20 heavy (non-hydrogen) atoms. The first kappa shape index (κ1) is 14.7. The number of carbonyl (C=O) groups is 1. The fraction of sp³-hybridized carbons (Fsp3) is 0.643. The van der Waals surface area contributed by atoms with Gasteiger partial charge in [-0.05, 0) is 30.9 Å². The average Bonchev–Trinajstić information content (AvgIpc) is 2.46. The van der Waals surface area contributed by atoms with Gasteiger partial charge in [0.25, 0.3) is 5.91 Å². The van der Waals surface area contributed by atoms with E-state index in [-0.39, 0.29) is 5.91 Å². The van der Waals surface area contributed by atoms with E-state index in [0.717, 1.165) is 18.8 Å². The van der Waals surface area contributed by atoms with E-state index >= 15 is 0 Å². The molecule has 6 nitrogen and oxygen atoms in total. The molecule has 1 aliphatic rings. The third-order valence-electron chi connectivity index (χ3n) is 3.93. The molecule has 2 unspecified atom stereocenters. The molecule has 1 aromatic heterocycles. The van der Waals surface area contributed by atoms with Crippen molar-refractivity contribution in [3.05, 3.63) is 17.8 Å². The molecule has 6 heteroatoms. The molecule has 2 heterocycles. The Balaban J connectivity index is 2.18. The summed E-state index contributed by atoms with van der Waals surface area (Å²) in [6.07, 6.45) is 2.33. The predicted molar refractivity (Wildman–Crippen MR) is 78.6 cm³/mol. The second-order valence-corrected chi connectivity index (χ2v) is 5.59. The molecule has 110 valence electrons. The average molecular weight is 277 g/mol. The van der Waals surface area contributed by atoms with Gasteiger partial charge in [-0.3, -0.25) is 4.79 Å². The fourth-order valence-electron chi connectivity index (χ4n) is 2.71. The van der Waals surface area contributed by atoms with Crippen LogP contribution >= 0.6 is 0 Å². The highest BCUT2D eigenvalue weighted by Gasteiger charge is 2.28. The second-order valence-electron chi connectivity index (χ2n) is 5.59. The van der Waals surface area contributed by atoms with Crippen molar-refractivity contribution in [2.75, 3.05) is 32.1 Å². The molecular weight excluding hydrogens is 254 g/mol. The third-order valence-corrected chi connectivity index (χ3v) is 3.93. The van der Waals surface area contributed by atoms with E-state index in [9.17, 15) is 4.79 Å². The zero-order valence-corrected chi connectivity index (χ0v) is 12.4. The summed E-state index contributed by atoms with van der Waals surface area (Å²) >= 11 is 0. The molecule has 2 rings (SSSR count). The number of piperidine rings is 1. The monoisotopic (exact) mass is 277 g/mol. The van der Waals surface area contributed by atoms with Crippen LogP contribution in [0.1, 0.15) is 30.3 Å². The topological polar surface area (TPSA) is 75.4 Å². The maximum atomic E-state index is 11.8. The smallest absolute Gasteiger partial charge is 0.273 e. The van der Waals surface area contributed by atoms with Gasteiger partial charge in [0.15, 0.2) is 11.5 Å². The predicted octanol–water partition coefficient (Wildman–Crippen LogP) is 0.742. The Morgan fingerprint density at radius 2 is 2.20 bits per heavy atom. The Bertz CT molecular complexity index is 459. The minimum absolute atomic E-state index is 0.133. The van der Waals surface area contributed by atoms with Crippen molar-refractivity contribution >= 4 is 11.7 Å². The molecule has 1 saturated heterocycles. The van der Waals surface area contributed by atoms with Crippen molar-refractivity contribution in [3.8, 4) is 0 Å². The molecule has 0 aromatic carbocycles. The molecule has 0 spiro atoms. The maximum Gasteiger partial charge on any atom is 0.273 e. The molecule has 2 atom stereocenters. The van der Waals surface area contributed by atoms with E-state index in [4.69, 9.17) is 5.73 Å². The maximum absolute atomic E-state index is 11.8. The van der Waals surface area contributed by atoms with Crippen LogP contribution in [0.3, 0.4) is 0 Å². The lowest BCUT2D eigenvalue weighted by atomic mass is 9.91. The number of nitrogens with two attached hydrogens (primary N) is 1. The van der Waals surface area contributed by atoms with Gasteiger partial charge in [-0.15, -0.1) is 10.2 Å². The number of nitrogens with zero attached hydrogens (tertiary/aromatic N) is 4. The van der Waals surface area contributed by atoms with Gasteiger partial charge in [0.1, 0.15) is 0 Å². The molecular formula is C14H23N5O. The molecule has 0 radical (unpaired) electrons. The summed E-state index contributed by atoms with van der Waals surface area (Å²) in [7, 11) is 3.41. The first-order valence-electron chi connectivity index (χ1n) is 7.06. The number of hydrogen-bond acceptors (Lipinski definition) is 5. The summed E-state index contributed by atoms with van der Waals surface area (Å²) in [6, 6.07) is 3.90. The van der Waals surface area contributed by atoms with Gasteiger partial charge in [-0.1, -0.05) is 6.92 Å². The first-order chi connectivity index (χ1) is 9.54. The van der Waals surface area contributed by atoms with Crippen LogP contribution in [-0.2, 0) is 0 Å². The van der Waals surface area contributed by atoms with Crippen molar-refractivity contribution in [1.29, 1.82) is 0 Å². The van der Waals surface area contributed by atoms with Gasteiger partial charge in [0.05, 0.1) is 0 Å². The van der Waals surface area contributed by atoms with Crippen LogP contribution in [0.15, 0.2) is 12.1 Å². The number of aromatic nitrogens is 2. The molecule has 0 aliphatic carbocycles. The van der Waals surface area contributed by atoms with Gasteiger partial charge in [0.2, 0.25) is 0 Å². The largest absolute Gasteiger partial charge is 0.351 e. The van der Waals surface area contributed by atoms with Crippen LogP contribution in [0.5, 0.6) is 0 Å². The highest BCUT2D eigenvalue weighted by atomic mass is 16.2. The number of carbonyl (C=O) groups excluding carboxylic acids is 1. The SMILES string of the molecule is CC1CCCN(c2ccc(C(=O)N(C)C)nn2)C1CN. The lowest BCUT2D eigenvalue weighted by molar-refractivity contribution is 0.0821. The lowest BCUT2D eigenvalue weighted by Crippen LogP contribution is -2.49. The van der Waals surface area contributed by atoms with E-state index in [0.29, 0.717) is 24.2 Å². The Hall–Kier alpha value is -1.69. The molecule has 0 bridgehead atoms. The van der Waals surface area contributed by atoms with Crippen LogP contribution in [0.4, 0.5) is 5.82 Å². The Morgan fingerprint density at radius 3 is 2.75 bits per heavy atom. The van der Waals surface area contributed by atoms with Gasteiger partial charge in [-0.25, -0.2) is 0 Å². The summed E-state index contributed by atoms with van der Waals surface area (Å²) in [5.74, 6) is 1.23. The quantitative estimate of drug-likeness (QED) is 0.882. The molecule has 0 saturated carbocycles. The normalized spacial score (nSPS) is 22.7. The summed E-state index contributed by atoms with van der Waals surface area (Å²) in [5, 5.41) is 8.26. The van der Waals surface area contributed by atoms with E-state index < -0.39 is 0 Å². The molecule has 1 aliphatic heterocycles. The Labute approximate surface area is 120 Å². The summed E-state index contributed by atoms with van der Waals surface area (Å²) < 4.78 is 0. The van der Waals surface area contributed by atoms with Gasteiger partial charge in [-0.2, -0.15) is 0 Å². The number of anilines is 1. The van der Waals surface area contributed by atoms with Crippen molar-refractivity contribution < 1.29 is 4.79 Å². The molecule has 2 N–H and O–H groups in total. The van der Waals surface area contributed by atoms with Crippen LogP contribution < -0.4 is 10.6 Å². The van der Waals surface area contributed by atoms with Gasteiger partial charge in [0, 0.05) is 33.2 Å². The summed E-state index contributed by atoms with van der Waals surface area (Å²) in [4.78, 5) is 15.5. The highest BCUT2D eigenvalue weighted by Crippen LogP contribution is 2.26. The number of amides is 1.